The van der Waals surface area contributed by atoms with Crippen LogP contribution in [0.2, 0.25) is 5.02 Å². The molecule has 2 heterocycles. The topological polar surface area (TPSA) is 61.4 Å². The van der Waals surface area contributed by atoms with Gasteiger partial charge in [-0.2, -0.15) is 0 Å². The number of amides is 1. The summed E-state index contributed by atoms with van der Waals surface area (Å²) in [6, 6.07) is 15.8. The van der Waals surface area contributed by atoms with Crippen LogP contribution in [-0.2, 0) is 4.79 Å². The number of piperidine rings is 2. The van der Waals surface area contributed by atoms with Crippen molar-refractivity contribution in [3.8, 4) is 0 Å². The summed E-state index contributed by atoms with van der Waals surface area (Å²) in [5.74, 6) is 1.09. The number of hydrogen-bond acceptors (Lipinski definition) is 4. The van der Waals surface area contributed by atoms with Gasteiger partial charge in [0.25, 0.3) is 0 Å². The van der Waals surface area contributed by atoms with Gasteiger partial charge >= 0.3 is 0 Å². The molecule has 1 amide bonds. The SMILES string of the molecule is CC(C)[C@@H](NCC(=O)c1cccc(C2CCNCC2)c1)C(=O)N1CC[C@H](c2ccc(Cl)cc2)C(C)(C)C1. The number of hydrogen-bond donors (Lipinski definition) is 2. The minimum Gasteiger partial charge on any atom is -0.341 e. The summed E-state index contributed by atoms with van der Waals surface area (Å²) in [6.07, 6.45) is 3.11. The molecular formula is C31H42ClN3O2. The zero-order chi connectivity index (χ0) is 26.6. The molecule has 0 bridgehead atoms. The standard InChI is InChI=1S/C31H42ClN3O2/c1-21(2)29(34-19-28(36)25-7-5-6-24(18-25)22-12-15-33-16-13-22)30(37)35-17-14-27(31(3,4)20-35)23-8-10-26(32)11-9-23/h5-11,18,21-22,27,29,33-34H,12-17,19-20H2,1-4H3/t27-,29-/m1/s1. The Labute approximate surface area is 227 Å². The molecule has 2 fully saturated rings. The van der Waals surface area contributed by atoms with Crippen molar-refractivity contribution in [2.45, 2.75) is 64.8 Å². The number of Topliss-reactive ketones (excluding diaryl/α,β-unsaturated/α-hetero) is 1. The summed E-state index contributed by atoms with van der Waals surface area (Å²) in [5, 5.41) is 7.47. The predicted octanol–water partition coefficient (Wildman–Crippen LogP) is 5.65. The van der Waals surface area contributed by atoms with Gasteiger partial charge < -0.3 is 10.2 Å². The van der Waals surface area contributed by atoms with E-state index in [1.165, 1.54) is 11.1 Å². The Bertz CT molecular complexity index is 1080. The van der Waals surface area contributed by atoms with Crippen LogP contribution >= 0.6 is 11.6 Å². The van der Waals surface area contributed by atoms with Gasteiger partial charge in [-0.05, 0) is 84.8 Å². The average molecular weight is 524 g/mol. The molecule has 0 aromatic heterocycles. The van der Waals surface area contributed by atoms with Crippen molar-refractivity contribution in [1.29, 1.82) is 0 Å². The minimum atomic E-state index is -0.389. The van der Waals surface area contributed by atoms with Crippen molar-refractivity contribution in [1.82, 2.24) is 15.5 Å². The maximum Gasteiger partial charge on any atom is 0.240 e. The minimum absolute atomic E-state index is 0.0380. The summed E-state index contributed by atoms with van der Waals surface area (Å²) in [6.45, 7) is 12.2. The zero-order valence-corrected chi connectivity index (χ0v) is 23.5. The highest BCUT2D eigenvalue weighted by molar-refractivity contribution is 6.30. The maximum atomic E-state index is 13.7. The normalized spacial score (nSPS) is 21.1. The second-order valence-electron chi connectivity index (χ2n) is 11.8. The molecule has 2 saturated heterocycles. The van der Waals surface area contributed by atoms with Crippen molar-refractivity contribution in [3.05, 3.63) is 70.2 Å². The Morgan fingerprint density at radius 3 is 2.41 bits per heavy atom. The van der Waals surface area contributed by atoms with Gasteiger partial charge in [0.05, 0.1) is 12.6 Å². The molecular weight excluding hydrogens is 482 g/mol. The van der Waals surface area contributed by atoms with Gasteiger partial charge in [0.1, 0.15) is 0 Å². The van der Waals surface area contributed by atoms with Crippen molar-refractivity contribution in [3.63, 3.8) is 0 Å². The number of carbonyl (C=O) groups excluding carboxylic acids is 2. The zero-order valence-electron chi connectivity index (χ0n) is 22.7. The van der Waals surface area contributed by atoms with E-state index in [0.717, 1.165) is 42.9 Å². The molecule has 6 heteroatoms. The van der Waals surface area contributed by atoms with E-state index < -0.39 is 0 Å². The summed E-state index contributed by atoms with van der Waals surface area (Å²) in [4.78, 5) is 28.8. The van der Waals surface area contributed by atoms with E-state index in [9.17, 15) is 9.59 Å². The highest BCUT2D eigenvalue weighted by Crippen LogP contribution is 2.42. The third-order valence-electron chi connectivity index (χ3n) is 8.25. The van der Waals surface area contributed by atoms with E-state index >= 15 is 0 Å². The fourth-order valence-corrected chi connectivity index (χ4v) is 6.21. The first-order chi connectivity index (χ1) is 17.7. The fourth-order valence-electron chi connectivity index (χ4n) is 6.09. The third kappa shape index (κ3) is 6.81. The summed E-state index contributed by atoms with van der Waals surface area (Å²) in [5.41, 5.74) is 3.18. The number of ketones is 1. The molecule has 200 valence electrons. The maximum absolute atomic E-state index is 13.7. The van der Waals surface area contributed by atoms with Gasteiger partial charge in [0.2, 0.25) is 5.91 Å². The van der Waals surface area contributed by atoms with Crippen LogP contribution in [0.3, 0.4) is 0 Å². The lowest BCUT2D eigenvalue weighted by Gasteiger charge is -2.45. The highest BCUT2D eigenvalue weighted by Gasteiger charge is 2.40. The van der Waals surface area contributed by atoms with E-state index in [2.05, 4.69) is 48.7 Å². The number of carbonyl (C=O) groups is 2. The van der Waals surface area contributed by atoms with E-state index in [0.29, 0.717) is 24.9 Å². The number of benzene rings is 2. The molecule has 0 spiro atoms. The van der Waals surface area contributed by atoms with Crippen LogP contribution in [0.5, 0.6) is 0 Å². The van der Waals surface area contributed by atoms with Gasteiger partial charge in [-0.3, -0.25) is 14.9 Å². The predicted molar refractivity (Wildman–Crippen MR) is 151 cm³/mol. The van der Waals surface area contributed by atoms with Crippen LogP contribution in [0.15, 0.2) is 48.5 Å². The van der Waals surface area contributed by atoms with Crippen LogP contribution in [0.1, 0.15) is 80.3 Å². The van der Waals surface area contributed by atoms with Gasteiger partial charge in [-0.15, -0.1) is 0 Å². The molecule has 2 N–H and O–H groups in total. The number of nitrogens with zero attached hydrogens (tertiary/aromatic N) is 1. The summed E-state index contributed by atoms with van der Waals surface area (Å²) in [7, 11) is 0. The second kappa shape index (κ2) is 12.1. The Kier molecular flexibility index (Phi) is 9.10. The Hall–Kier alpha value is -2.21. The van der Waals surface area contributed by atoms with Crippen molar-refractivity contribution < 1.29 is 9.59 Å². The van der Waals surface area contributed by atoms with Crippen LogP contribution in [0, 0.1) is 11.3 Å². The molecule has 2 aromatic carbocycles. The fraction of sp³-hybridized carbons (Fsp3) is 0.548. The molecule has 0 saturated carbocycles. The van der Waals surface area contributed by atoms with Crippen molar-refractivity contribution in [2.24, 2.45) is 11.3 Å². The van der Waals surface area contributed by atoms with E-state index in [1.54, 1.807) is 0 Å². The Morgan fingerprint density at radius 1 is 1.05 bits per heavy atom. The molecule has 0 radical (unpaired) electrons. The molecule has 5 nitrogen and oxygen atoms in total. The molecule has 2 aromatic rings. The lowest BCUT2D eigenvalue weighted by Crippen LogP contribution is -2.55. The lowest BCUT2D eigenvalue weighted by molar-refractivity contribution is -0.138. The Morgan fingerprint density at radius 2 is 1.76 bits per heavy atom. The van der Waals surface area contributed by atoms with Crippen LogP contribution < -0.4 is 10.6 Å². The van der Waals surface area contributed by atoms with Crippen LogP contribution in [0.4, 0.5) is 0 Å². The van der Waals surface area contributed by atoms with Crippen LogP contribution in [0.25, 0.3) is 0 Å². The quantitative estimate of drug-likeness (QED) is 0.439. The molecule has 0 aliphatic carbocycles. The van der Waals surface area contributed by atoms with E-state index in [1.807, 2.05) is 43.0 Å². The summed E-state index contributed by atoms with van der Waals surface area (Å²) < 4.78 is 0. The van der Waals surface area contributed by atoms with E-state index in [-0.39, 0.29) is 35.6 Å². The Balaban J connectivity index is 1.38. The van der Waals surface area contributed by atoms with E-state index in [4.69, 9.17) is 11.6 Å². The first-order valence-corrected chi connectivity index (χ1v) is 14.1. The second-order valence-corrected chi connectivity index (χ2v) is 12.3. The van der Waals surface area contributed by atoms with Crippen molar-refractivity contribution >= 4 is 23.3 Å². The third-order valence-corrected chi connectivity index (χ3v) is 8.50. The number of nitrogens with one attached hydrogen (secondary N) is 2. The highest BCUT2D eigenvalue weighted by atomic mass is 35.5. The van der Waals surface area contributed by atoms with Crippen molar-refractivity contribution in [2.75, 3.05) is 32.7 Å². The number of rotatable bonds is 8. The smallest absolute Gasteiger partial charge is 0.240 e. The molecule has 2 aliphatic heterocycles. The average Bonchev–Trinajstić information content (AvgIpc) is 2.89. The van der Waals surface area contributed by atoms with Crippen LogP contribution in [-0.4, -0.2) is 55.4 Å². The van der Waals surface area contributed by atoms with Gasteiger partial charge in [0, 0.05) is 23.7 Å². The summed E-state index contributed by atoms with van der Waals surface area (Å²) >= 11 is 6.10. The molecule has 2 atom stereocenters. The number of halogens is 1. The van der Waals surface area contributed by atoms with Gasteiger partial charge in [-0.25, -0.2) is 0 Å². The monoisotopic (exact) mass is 523 g/mol. The molecule has 4 rings (SSSR count). The van der Waals surface area contributed by atoms with Gasteiger partial charge in [-0.1, -0.05) is 69.6 Å². The molecule has 37 heavy (non-hydrogen) atoms. The molecule has 2 aliphatic rings. The van der Waals surface area contributed by atoms with Gasteiger partial charge in [0.15, 0.2) is 5.78 Å². The number of likely N-dealkylation sites (tertiary alicyclic amines) is 1. The molecule has 0 unspecified atom stereocenters. The lowest BCUT2D eigenvalue weighted by atomic mass is 9.70. The first kappa shape index (κ1) is 27.8. The first-order valence-electron chi connectivity index (χ1n) is 13.8. The largest absolute Gasteiger partial charge is 0.341 e.